The van der Waals surface area contributed by atoms with Crippen LogP contribution in [0.5, 0.6) is 0 Å². The van der Waals surface area contributed by atoms with E-state index in [0.717, 1.165) is 0 Å². The van der Waals surface area contributed by atoms with Gasteiger partial charge in [-0.15, -0.1) is 12.3 Å². The summed E-state index contributed by atoms with van der Waals surface area (Å²) in [5.74, 6) is 2.46. The predicted octanol–water partition coefficient (Wildman–Crippen LogP) is 2.78. The molecule has 2 atom stereocenters. The number of aliphatic hydroxyl groups excluding tert-OH is 1. The van der Waals surface area contributed by atoms with Crippen LogP contribution in [0.2, 0.25) is 18.1 Å². The van der Waals surface area contributed by atoms with Crippen molar-refractivity contribution in [3.05, 3.63) is 0 Å². The van der Waals surface area contributed by atoms with Crippen LogP contribution in [-0.4, -0.2) is 25.6 Å². The molecular weight excluding hydrogens is 204 g/mol. The molecule has 1 N–H and O–H groups in total. The Morgan fingerprint density at radius 1 is 1.40 bits per heavy atom. The number of terminal acetylenes is 1. The third-order valence-corrected chi connectivity index (χ3v) is 7.73. The Kier molecular flexibility index (Phi) is 5.05. The van der Waals surface area contributed by atoms with Gasteiger partial charge in [-0.25, -0.2) is 0 Å². The van der Waals surface area contributed by atoms with Crippen LogP contribution in [0.25, 0.3) is 0 Å². The van der Waals surface area contributed by atoms with Crippen LogP contribution in [0.1, 0.15) is 34.1 Å². The summed E-state index contributed by atoms with van der Waals surface area (Å²) in [5.41, 5.74) is 0. The summed E-state index contributed by atoms with van der Waals surface area (Å²) >= 11 is 0. The lowest BCUT2D eigenvalue weighted by atomic mass is 10.2. The Morgan fingerprint density at radius 3 is 2.20 bits per heavy atom. The lowest BCUT2D eigenvalue weighted by Gasteiger charge is -2.39. The van der Waals surface area contributed by atoms with Crippen LogP contribution in [0.4, 0.5) is 0 Å². The zero-order valence-corrected chi connectivity index (χ0v) is 11.8. The molecule has 0 radical (unpaired) electrons. The Bertz CT molecular complexity index is 235. The first-order chi connectivity index (χ1) is 6.62. The van der Waals surface area contributed by atoms with Gasteiger partial charge < -0.3 is 9.53 Å². The van der Waals surface area contributed by atoms with E-state index in [0.29, 0.717) is 6.42 Å². The van der Waals surface area contributed by atoms with Gasteiger partial charge in [0.05, 0.1) is 12.2 Å². The zero-order chi connectivity index (χ0) is 12.3. The fraction of sp³-hybridized carbons (Fsp3) is 0.833. The molecule has 0 aromatic carbocycles. The maximum absolute atomic E-state index is 9.70. The summed E-state index contributed by atoms with van der Waals surface area (Å²) in [6.45, 7) is 12.8. The molecule has 0 unspecified atom stereocenters. The van der Waals surface area contributed by atoms with Gasteiger partial charge in [0, 0.05) is 6.42 Å². The molecular formula is C12H24O2Si. The minimum atomic E-state index is -1.79. The number of rotatable bonds is 4. The molecule has 0 spiro atoms. The van der Waals surface area contributed by atoms with Crippen molar-refractivity contribution in [3.8, 4) is 12.3 Å². The summed E-state index contributed by atoms with van der Waals surface area (Å²) in [6.07, 6.45) is 4.79. The molecule has 0 fully saturated rings. The summed E-state index contributed by atoms with van der Waals surface area (Å²) in [4.78, 5) is 0. The molecule has 0 saturated heterocycles. The van der Waals surface area contributed by atoms with Crippen LogP contribution in [0, 0.1) is 12.3 Å². The predicted molar refractivity (Wildman–Crippen MR) is 67.2 cm³/mol. The van der Waals surface area contributed by atoms with E-state index in [9.17, 15) is 5.11 Å². The molecule has 0 aromatic heterocycles. The van der Waals surface area contributed by atoms with Crippen LogP contribution in [0.15, 0.2) is 0 Å². The highest BCUT2D eigenvalue weighted by molar-refractivity contribution is 6.74. The Hall–Kier alpha value is -0.303. The van der Waals surface area contributed by atoms with E-state index in [1.54, 1.807) is 0 Å². The smallest absolute Gasteiger partial charge is 0.192 e. The molecule has 0 rings (SSSR count). The summed E-state index contributed by atoms with van der Waals surface area (Å²) in [5, 5.41) is 9.87. The number of hydrogen-bond acceptors (Lipinski definition) is 2. The Labute approximate surface area is 95.2 Å². The molecule has 3 heteroatoms. The fourth-order valence-corrected chi connectivity index (χ4v) is 2.45. The highest BCUT2D eigenvalue weighted by Crippen LogP contribution is 2.37. The summed E-state index contributed by atoms with van der Waals surface area (Å²) in [6, 6.07) is 0. The average molecular weight is 228 g/mol. The Balaban J connectivity index is 4.41. The molecule has 0 amide bonds. The van der Waals surface area contributed by atoms with Gasteiger partial charge in [0.15, 0.2) is 8.32 Å². The molecule has 0 bridgehead atoms. The van der Waals surface area contributed by atoms with Gasteiger partial charge in [-0.3, -0.25) is 0 Å². The largest absolute Gasteiger partial charge is 0.412 e. The van der Waals surface area contributed by atoms with Crippen molar-refractivity contribution in [1.82, 2.24) is 0 Å². The van der Waals surface area contributed by atoms with Crippen LogP contribution in [-0.2, 0) is 4.43 Å². The topological polar surface area (TPSA) is 29.5 Å². The minimum absolute atomic E-state index is 0.164. The standard InChI is InChI=1S/C12H24O2Si/c1-8-9-11(13)10(2)14-15(6,7)12(3,4)5/h1,10-11,13H,9H2,2-7H3/t10-,11-/m0/s1. The maximum Gasteiger partial charge on any atom is 0.192 e. The van der Waals surface area contributed by atoms with Crippen molar-refractivity contribution in [3.63, 3.8) is 0 Å². The molecule has 0 aliphatic rings. The third-order valence-electron chi connectivity index (χ3n) is 3.16. The van der Waals surface area contributed by atoms with Crippen molar-refractivity contribution >= 4 is 8.32 Å². The minimum Gasteiger partial charge on any atom is -0.412 e. The first-order valence-electron chi connectivity index (χ1n) is 5.41. The highest BCUT2D eigenvalue weighted by atomic mass is 28.4. The van der Waals surface area contributed by atoms with Gasteiger partial charge in [-0.2, -0.15) is 0 Å². The fourth-order valence-electron chi connectivity index (χ4n) is 1.01. The summed E-state index contributed by atoms with van der Waals surface area (Å²) < 4.78 is 6.01. The summed E-state index contributed by atoms with van der Waals surface area (Å²) in [7, 11) is -1.79. The highest BCUT2D eigenvalue weighted by Gasteiger charge is 2.39. The van der Waals surface area contributed by atoms with E-state index < -0.39 is 14.4 Å². The molecule has 2 nitrogen and oxygen atoms in total. The molecule has 0 aromatic rings. The van der Waals surface area contributed by atoms with E-state index in [-0.39, 0.29) is 11.1 Å². The molecule has 0 heterocycles. The maximum atomic E-state index is 9.70. The number of hydrogen-bond donors (Lipinski definition) is 1. The van der Waals surface area contributed by atoms with E-state index in [1.165, 1.54) is 0 Å². The Morgan fingerprint density at radius 2 is 1.87 bits per heavy atom. The lowest BCUT2D eigenvalue weighted by Crippen LogP contribution is -2.46. The lowest BCUT2D eigenvalue weighted by molar-refractivity contribution is 0.0423. The molecule has 88 valence electrons. The van der Waals surface area contributed by atoms with Gasteiger partial charge in [0.1, 0.15) is 0 Å². The van der Waals surface area contributed by atoms with Crippen molar-refractivity contribution in [2.24, 2.45) is 0 Å². The van der Waals surface area contributed by atoms with Gasteiger partial charge in [-0.05, 0) is 25.1 Å². The van der Waals surface area contributed by atoms with Crippen LogP contribution >= 0.6 is 0 Å². The van der Waals surface area contributed by atoms with Crippen molar-refractivity contribution in [1.29, 1.82) is 0 Å². The zero-order valence-electron chi connectivity index (χ0n) is 10.8. The van der Waals surface area contributed by atoms with Gasteiger partial charge in [0.2, 0.25) is 0 Å². The van der Waals surface area contributed by atoms with E-state index in [4.69, 9.17) is 10.8 Å². The second kappa shape index (κ2) is 5.15. The van der Waals surface area contributed by atoms with Gasteiger partial charge >= 0.3 is 0 Å². The SMILES string of the molecule is C#CC[C@H](O)[C@H](C)O[Si](C)(C)C(C)(C)C. The van der Waals surface area contributed by atoms with E-state index in [1.807, 2.05) is 6.92 Å². The van der Waals surface area contributed by atoms with Crippen LogP contribution in [0.3, 0.4) is 0 Å². The van der Waals surface area contributed by atoms with Crippen LogP contribution < -0.4 is 0 Å². The third kappa shape index (κ3) is 4.37. The average Bonchev–Trinajstić information content (AvgIpc) is 2.01. The second-order valence-corrected chi connectivity index (χ2v) is 10.3. The molecule has 15 heavy (non-hydrogen) atoms. The number of aliphatic hydroxyl groups is 1. The molecule has 0 saturated carbocycles. The first kappa shape index (κ1) is 14.7. The molecule has 0 aliphatic carbocycles. The molecule has 0 aliphatic heterocycles. The second-order valence-electron chi connectivity index (χ2n) is 5.56. The van der Waals surface area contributed by atoms with E-state index >= 15 is 0 Å². The monoisotopic (exact) mass is 228 g/mol. The normalized spacial score (nSPS) is 16.9. The first-order valence-corrected chi connectivity index (χ1v) is 8.32. The van der Waals surface area contributed by atoms with Gasteiger partial charge in [-0.1, -0.05) is 20.8 Å². The quantitative estimate of drug-likeness (QED) is 0.592. The van der Waals surface area contributed by atoms with Gasteiger partial charge in [0.25, 0.3) is 0 Å². The van der Waals surface area contributed by atoms with Crippen molar-refractivity contribution in [2.75, 3.05) is 0 Å². The van der Waals surface area contributed by atoms with E-state index in [2.05, 4.69) is 39.8 Å². The van der Waals surface area contributed by atoms with Crippen molar-refractivity contribution in [2.45, 2.75) is 64.5 Å². The van der Waals surface area contributed by atoms with Crippen molar-refractivity contribution < 1.29 is 9.53 Å².